The van der Waals surface area contributed by atoms with Crippen LogP contribution in [0.3, 0.4) is 0 Å². The second kappa shape index (κ2) is 6.39. The number of hydrogen-bond donors (Lipinski definition) is 1. The molecule has 0 spiro atoms. The predicted molar refractivity (Wildman–Crippen MR) is 91.6 cm³/mol. The van der Waals surface area contributed by atoms with Crippen LogP contribution in [0.25, 0.3) is 10.8 Å². The molecular formula is C18H13Cl2NO. The number of hydrogen-bond acceptors (Lipinski definition) is 1. The molecule has 0 heterocycles. The van der Waals surface area contributed by atoms with Gasteiger partial charge in [-0.1, -0.05) is 59.6 Å². The lowest BCUT2D eigenvalue weighted by Crippen LogP contribution is -2.23. The summed E-state index contributed by atoms with van der Waals surface area (Å²) in [6.07, 6.45) is 0. The monoisotopic (exact) mass is 329 g/mol. The maximum atomic E-state index is 12.3. The summed E-state index contributed by atoms with van der Waals surface area (Å²) in [7, 11) is 0. The van der Waals surface area contributed by atoms with Gasteiger partial charge < -0.3 is 5.32 Å². The highest BCUT2D eigenvalue weighted by atomic mass is 35.5. The van der Waals surface area contributed by atoms with Crippen LogP contribution in [0, 0.1) is 0 Å². The summed E-state index contributed by atoms with van der Waals surface area (Å²) >= 11 is 12.2. The molecule has 0 radical (unpaired) electrons. The topological polar surface area (TPSA) is 29.1 Å². The molecule has 0 saturated carbocycles. The molecule has 22 heavy (non-hydrogen) atoms. The first kappa shape index (κ1) is 14.9. The number of nitrogens with one attached hydrogen (secondary N) is 1. The first-order valence-corrected chi connectivity index (χ1v) is 7.60. The zero-order valence-electron chi connectivity index (χ0n) is 11.6. The maximum Gasteiger partial charge on any atom is 0.251 e. The number of carbonyl (C=O) groups is 1. The molecule has 0 aliphatic carbocycles. The molecule has 3 rings (SSSR count). The van der Waals surface area contributed by atoms with E-state index in [1.165, 1.54) is 0 Å². The van der Waals surface area contributed by atoms with E-state index in [4.69, 9.17) is 23.2 Å². The van der Waals surface area contributed by atoms with E-state index in [1.54, 1.807) is 18.2 Å². The summed E-state index contributed by atoms with van der Waals surface area (Å²) in [5.41, 5.74) is 1.34. The third kappa shape index (κ3) is 3.08. The molecule has 110 valence electrons. The van der Waals surface area contributed by atoms with E-state index in [1.807, 2.05) is 42.5 Å². The average Bonchev–Trinajstić information content (AvgIpc) is 2.53. The van der Waals surface area contributed by atoms with Crippen LogP contribution in [0.2, 0.25) is 10.0 Å². The number of benzene rings is 3. The summed E-state index contributed by atoms with van der Waals surface area (Å²) in [6, 6.07) is 18.8. The van der Waals surface area contributed by atoms with Crippen molar-refractivity contribution in [1.29, 1.82) is 0 Å². The summed E-state index contributed by atoms with van der Waals surface area (Å²) in [5.74, 6) is -0.151. The largest absolute Gasteiger partial charge is 0.348 e. The SMILES string of the molecule is O=C(NCc1c(Cl)cccc1Cl)c1ccc2ccccc2c1. The Morgan fingerprint density at radius 1 is 0.864 bits per heavy atom. The number of rotatable bonds is 3. The molecule has 0 aliphatic rings. The lowest BCUT2D eigenvalue weighted by Gasteiger charge is -2.09. The van der Waals surface area contributed by atoms with Crippen molar-refractivity contribution in [3.05, 3.63) is 81.8 Å². The molecule has 0 atom stereocenters. The highest BCUT2D eigenvalue weighted by molar-refractivity contribution is 6.36. The highest BCUT2D eigenvalue weighted by Crippen LogP contribution is 2.24. The van der Waals surface area contributed by atoms with Crippen LogP contribution in [-0.2, 0) is 6.54 Å². The van der Waals surface area contributed by atoms with Crippen molar-refractivity contribution < 1.29 is 4.79 Å². The van der Waals surface area contributed by atoms with E-state index >= 15 is 0 Å². The molecule has 3 aromatic rings. The molecule has 1 N–H and O–H groups in total. The van der Waals surface area contributed by atoms with E-state index in [0.717, 1.165) is 16.3 Å². The third-order valence-corrected chi connectivity index (χ3v) is 4.21. The number of fused-ring (bicyclic) bond motifs is 1. The maximum absolute atomic E-state index is 12.3. The van der Waals surface area contributed by atoms with Gasteiger partial charge in [-0.05, 0) is 35.0 Å². The Bertz CT molecular complexity index is 825. The van der Waals surface area contributed by atoms with Crippen LogP contribution < -0.4 is 5.32 Å². The fourth-order valence-electron chi connectivity index (χ4n) is 2.30. The van der Waals surface area contributed by atoms with Crippen LogP contribution in [-0.4, -0.2) is 5.91 Å². The first-order valence-electron chi connectivity index (χ1n) is 6.85. The number of halogens is 2. The molecule has 1 amide bonds. The predicted octanol–water partition coefficient (Wildman–Crippen LogP) is 5.08. The van der Waals surface area contributed by atoms with Crippen LogP contribution in [0.15, 0.2) is 60.7 Å². The van der Waals surface area contributed by atoms with Crippen molar-refractivity contribution in [3.8, 4) is 0 Å². The molecule has 2 nitrogen and oxygen atoms in total. The Balaban J connectivity index is 1.79. The molecule has 0 unspecified atom stereocenters. The molecule has 0 aliphatic heterocycles. The van der Waals surface area contributed by atoms with Crippen LogP contribution in [0.5, 0.6) is 0 Å². The van der Waals surface area contributed by atoms with Crippen LogP contribution in [0.1, 0.15) is 15.9 Å². The lowest BCUT2D eigenvalue weighted by molar-refractivity contribution is 0.0951. The highest BCUT2D eigenvalue weighted by Gasteiger charge is 2.09. The minimum Gasteiger partial charge on any atom is -0.348 e. The van der Waals surface area contributed by atoms with Gasteiger partial charge in [0.15, 0.2) is 0 Å². The Kier molecular flexibility index (Phi) is 4.32. The second-order valence-corrected chi connectivity index (χ2v) is 5.76. The average molecular weight is 330 g/mol. The molecular weight excluding hydrogens is 317 g/mol. The van der Waals surface area contributed by atoms with Gasteiger partial charge in [0.25, 0.3) is 5.91 Å². The van der Waals surface area contributed by atoms with Crippen LogP contribution >= 0.6 is 23.2 Å². The molecule has 0 saturated heterocycles. The van der Waals surface area contributed by atoms with E-state index in [0.29, 0.717) is 22.2 Å². The summed E-state index contributed by atoms with van der Waals surface area (Å²) < 4.78 is 0. The second-order valence-electron chi connectivity index (χ2n) is 4.94. The standard InChI is InChI=1S/C18H13Cl2NO/c19-16-6-3-7-17(20)15(16)11-21-18(22)14-9-8-12-4-1-2-5-13(12)10-14/h1-10H,11H2,(H,21,22). The quantitative estimate of drug-likeness (QED) is 0.713. The Hall–Kier alpha value is -2.03. The van der Waals surface area contributed by atoms with Gasteiger partial charge in [-0.25, -0.2) is 0 Å². The van der Waals surface area contributed by atoms with Gasteiger partial charge in [-0.15, -0.1) is 0 Å². The van der Waals surface area contributed by atoms with Gasteiger partial charge in [0.05, 0.1) is 0 Å². The van der Waals surface area contributed by atoms with E-state index < -0.39 is 0 Å². The number of carbonyl (C=O) groups excluding carboxylic acids is 1. The minimum absolute atomic E-state index is 0.151. The van der Waals surface area contributed by atoms with Gasteiger partial charge >= 0.3 is 0 Å². The van der Waals surface area contributed by atoms with Crippen molar-refractivity contribution in [3.63, 3.8) is 0 Å². The van der Waals surface area contributed by atoms with Crippen molar-refractivity contribution in [2.45, 2.75) is 6.54 Å². The first-order chi connectivity index (χ1) is 10.6. The normalized spacial score (nSPS) is 10.6. The van der Waals surface area contributed by atoms with Crippen molar-refractivity contribution >= 4 is 39.9 Å². The fourth-order valence-corrected chi connectivity index (χ4v) is 2.83. The number of amides is 1. The third-order valence-electron chi connectivity index (χ3n) is 3.50. The summed E-state index contributed by atoms with van der Waals surface area (Å²) in [5, 5.41) is 6.09. The smallest absolute Gasteiger partial charge is 0.251 e. The van der Waals surface area contributed by atoms with Crippen molar-refractivity contribution in [2.75, 3.05) is 0 Å². The fraction of sp³-hybridized carbons (Fsp3) is 0.0556. The Morgan fingerprint density at radius 2 is 1.55 bits per heavy atom. The Morgan fingerprint density at radius 3 is 2.27 bits per heavy atom. The summed E-state index contributed by atoms with van der Waals surface area (Å²) in [6.45, 7) is 0.296. The van der Waals surface area contributed by atoms with Gasteiger partial charge in [0.1, 0.15) is 0 Å². The van der Waals surface area contributed by atoms with Gasteiger partial charge in [0, 0.05) is 27.7 Å². The van der Waals surface area contributed by atoms with E-state index in [2.05, 4.69) is 5.32 Å². The van der Waals surface area contributed by atoms with Gasteiger partial charge in [-0.2, -0.15) is 0 Å². The molecule has 0 bridgehead atoms. The molecule has 3 aromatic carbocycles. The zero-order chi connectivity index (χ0) is 15.5. The molecule has 0 fully saturated rings. The Labute approximate surface area is 138 Å². The van der Waals surface area contributed by atoms with Gasteiger partial charge in [0.2, 0.25) is 0 Å². The summed E-state index contributed by atoms with van der Waals surface area (Å²) in [4.78, 5) is 12.3. The van der Waals surface area contributed by atoms with Gasteiger partial charge in [-0.3, -0.25) is 4.79 Å². The molecule has 4 heteroatoms. The van der Waals surface area contributed by atoms with E-state index in [-0.39, 0.29) is 5.91 Å². The van der Waals surface area contributed by atoms with Crippen molar-refractivity contribution in [2.24, 2.45) is 0 Å². The zero-order valence-corrected chi connectivity index (χ0v) is 13.2. The lowest BCUT2D eigenvalue weighted by atomic mass is 10.1. The van der Waals surface area contributed by atoms with E-state index in [9.17, 15) is 4.79 Å². The van der Waals surface area contributed by atoms with Crippen molar-refractivity contribution in [1.82, 2.24) is 5.32 Å². The minimum atomic E-state index is -0.151. The molecule has 0 aromatic heterocycles. The van der Waals surface area contributed by atoms with Crippen LogP contribution in [0.4, 0.5) is 0 Å².